The summed E-state index contributed by atoms with van der Waals surface area (Å²) in [6, 6.07) is 5.55. The fourth-order valence-electron chi connectivity index (χ4n) is 1.10. The Bertz CT molecular complexity index is 341. The normalized spacial score (nSPS) is 10.2. The predicted molar refractivity (Wildman–Crippen MR) is 66.0 cm³/mol. The summed E-state index contributed by atoms with van der Waals surface area (Å²) in [4.78, 5) is 12.6. The minimum Gasteiger partial charge on any atom is -0.294 e. The van der Waals surface area contributed by atoms with E-state index in [1.165, 1.54) is 0 Å². The number of carbonyl (C=O) groups is 1. The van der Waals surface area contributed by atoms with E-state index in [0.717, 1.165) is 4.90 Å². The number of halogens is 2. The number of benzene rings is 1. The molecule has 4 heteroatoms. The molecule has 0 N–H and O–H groups in total. The SMILES string of the molecule is CSc1cccc(C(=O)CCBr)c1Cl. The number of hydrogen-bond donors (Lipinski definition) is 0. The molecule has 0 fully saturated rings. The Hall–Kier alpha value is 0.01000. The van der Waals surface area contributed by atoms with Gasteiger partial charge < -0.3 is 0 Å². The lowest BCUT2D eigenvalue weighted by Crippen LogP contribution is -2.00. The molecule has 0 spiro atoms. The Kier molecular flexibility index (Phi) is 4.99. The van der Waals surface area contributed by atoms with Gasteiger partial charge in [0.2, 0.25) is 0 Å². The number of ketones is 1. The highest BCUT2D eigenvalue weighted by Gasteiger charge is 2.11. The van der Waals surface area contributed by atoms with Gasteiger partial charge in [0.1, 0.15) is 0 Å². The third-order valence-electron chi connectivity index (χ3n) is 1.81. The number of Topliss-reactive ketones (excluding diaryl/α,β-unsaturated/α-hetero) is 1. The van der Waals surface area contributed by atoms with Gasteiger partial charge in [-0.05, 0) is 18.4 Å². The van der Waals surface area contributed by atoms with Crippen molar-refractivity contribution in [2.75, 3.05) is 11.6 Å². The molecule has 0 amide bonds. The minimum absolute atomic E-state index is 0.0859. The first-order valence-corrected chi connectivity index (χ1v) is 6.84. The number of rotatable bonds is 4. The van der Waals surface area contributed by atoms with Crippen LogP contribution in [-0.2, 0) is 0 Å². The Morgan fingerprint density at radius 3 is 2.86 bits per heavy atom. The standard InChI is InChI=1S/C10H10BrClOS/c1-14-9-4-2-3-7(10(9)12)8(13)5-6-11/h2-4H,5-6H2,1H3. The second-order valence-corrected chi connectivity index (χ2v) is 4.70. The summed E-state index contributed by atoms with van der Waals surface area (Å²) in [6.45, 7) is 0. The van der Waals surface area contributed by atoms with Gasteiger partial charge >= 0.3 is 0 Å². The summed E-state index contributed by atoms with van der Waals surface area (Å²) in [5, 5.41) is 1.25. The average Bonchev–Trinajstić information content (AvgIpc) is 2.18. The lowest BCUT2D eigenvalue weighted by Gasteiger charge is -2.05. The van der Waals surface area contributed by atoms with Gasteiger partial charge in [-0.1, -0.05) is 33.6 Å². The molecule has 0 bridgehead atoms. The van der Waals surface area contributed by atoms with Gasteiger partial charge in [0.05, 0.1) is 5.02 Å². The molecule has 0 saturated heterocycles. The first kappa shape index (κ1) is 12.1. The summed E-state index contributed by atoms with van der Waals surface area (Å²) >= 11 is 10.9. The van der Waals surface area contributed by atoms with Crippen molar-refractivity contribution in [3.05, 3.63) is 28.8 Å². The molecule has 0 atom stereocenters. The van der Waals surface area contributed by atoms with Crippen molar-refractivity contribution in [1.82, 2.24) is 0 Å². The molecular formula is C10H10BrClOS. The van der Waals surface area contributed by atoms with Crippen LogP contribution in [0, 0.1) is 0 Å². The third kappa shape index (κ3) is 2.75. The molecule has 0 heterocycles. The highest BCUT2D eigenvalue weighted by Crippen LogP contribution is 2.29. The van der Waals surface area contributed by atoms with Crippen LogP contribution < -0.4 is 0 Å². The zero-order valence-corrected chi connectivity index (χ0v) is 10.9. The molecule has 0 aliphatic carbocycles. The van der Waals surface area contributed by atoms with Gasteiger partial charge in [-0.3, -0.25) is 4.79 Å². The van der Waals surface area contributed by atoms with Crippen LogP contribution in [0.4, 0.5) is 0 Å². The van der Waals surface area contributed by atoms with Crippen LogP contribution in [0.2, 0.25) is 5.02 Å². The summed E-state index contributed by atoms with van der Waals surface area (Å²) in [5.41, 5.74) is 0.623. The quantitative estimate of drug-likeness (QED) is 0.474. The molecule has 1 aromatic carbocycles. The zero-order valence-electron chi connectivity index (χ0n) is 7.72. The maximum absolute atomic E-state index is 11.6. The molecule has 0 aliphatic rings. The lowest BCUT2D eigenvalue weighted by atomic mass is 10.1. The number of alkyl halides is 1. The van der Waals surface area contributed by atoms with Crippen LogP contribution in [0.5, 0.6) is 0 Å². The summed E-state index contributed by atoms with van der Waals surface area (Å²) < 4.78 is 0. The van der Waals surface area contributed by atoms with E-state index in [1.807, 2.05) is 18.4 Å². The molecule has 14 heavy (non-hydrogen) atoms. The van der Waals surface area contributed by atoms with E-state index >= 15 is 0 Å². The fourth-order valence-corrected chi connectivity index (χ4v) is 2.43. The van der Waals surface area contributed by atoms with Crippen LogP contribution in [0.1, 0.15) is 16.8 Å². The average molecular weight is 294 g/mol. The fraction of sp³-hybridized carbons (Fsp3) is 0.300. The molecule has 0 unspecified atom stereocenters. The number of hydrogen-bond acceptors (Lipinski definition) is 2. The van der Waals surface area contributed by atoms with Gasteiger partial charge in [-0.2, -0.15) is 0 Å². The largest absolute Gasteiger partial charge is 0.294 e. The van der Waals surface area contributed by atoms with Crippen LogP contribution in [-0.4, -0.2) is 17.4 Å². The van der Waals surface area contributed by atoms with E-state index in [0.29, 0.717) is 22.3 Å². The molecule has 76 valence electrons. The van der Waals surface area contributed by atoms with E-state index in [1.54, 1.807) is 17.8 Å². The van der Waals surface area contributed by atoms with Crippen LogP contribution in [0.15, 0.2) is 23.1 Å². The van der Waals surface area contributed by atoms with Gasteiger partial charge in [-0.15, -0.1) is 11.8 Å². The van der Waals surface area contributed by atoms with Crippen LogP contribution in [0.3, 0.4) is 0 Å². The van der Waals surface area contributed by atoms with E-state index in [-0.39, 0.29) is 5.78 Å². The molecule has 0 aliphatic heterocycles. The smallest absolute Gasteiger partial charge is 0.165 e. The Labute approximate surface area is 101 Å². The van der Waals surface area contributed by atoms with Crippen molar-refractivity contribution in [1.29, 1.82) is 0 Å². The second-order valence-electron chi connectivity index (χ2n) is 2.68. The van der Waals surface area contributed by atoms with Crippen molar-refractivity contribution in [3.63, 3.8) is 0 Å². The molecule has 1 rings (SSSR count). The van der Waals surface area contributed by atoms with Crippen molar-refractivity contribution < 1.29 is 4.79 Å². The van der Waals surface area contributed by atoms with Crippen molar-refractivity contribution in [2.24, 2.45) is 0 Å². The first-order chi connectivity index (χ1) is 6.70. The summed E-state index contributed by atoms with van der Waals surface area (Å²) in [6.07, 6.45) is 2.43. The summed E-state index contributed by atoms with van der Waals surface area (Å²) in [5.74, 6) is 0.0859. The maximum atomic E-state index is 11.6. The van der Waals surface area contributed by atoms with E-state index < -0.39 is 0 Å². The van der Waals surface area contributed by atoms with E-state index in [4.69, 9.17) is 11.6 Å². The van der Waals surface area contributed by atoms with Crippen molar-refractivity contribution in [2.45, 2.75) is 11.3 Å². The predicted octanol–water partition coefficient (Wildman–Crippen LogP) is 4.03. The van der Waals surface area contributed by atoms with E-state index in [2.05, 4.69) is 15.9 Å². The van der Waals surface area contributed by atoms with Gasteiger partial charge in [-0.25, -0.2) is 0 Å². The van der Waals surface area contributed by atoms with Crippen LogP contribution >= 0.6 is 39.3 Å². The monoisotopic (exact) mass is 292 g/mol. The Morgan fingerprint density at radius 1 is 1.57 bits per heavy atom. The van der Waals surface area contributed by atoms with Crippen molar-refractivity contribution in [3.8, 4) is 0 Å². The van der Waals surface area contributed by atoms with Gasteiger partial charge in [0, 0.05) is 22.2 Å². The zero-order chi connectivity index (χ0) is 10.6. The third-order valence-corrected chi connectivity index (χ3v) is 3.50. The topological polar surface area (TPSA) is 17.1 Å². The Morgan fingerprint density at radius 2 is 2.29 bits per heavy atom. The number of carbonyl (C=O) groups excluding carboxylic acids is 1. The first-order valence-electron chi connectivity index (χ1n) is 4.12. The molecular weight excluding hydrogens is 284 g/mol. The second kappa shape index (κ2) is 5.79. The van der Waals surface area contributed by atoms with Gasteiger partial charge in [0.15, 0.2) is 5.78 Å². The lowest BCUT2D eigenvalue weighted by molar-refractivity contribution is 0.0990. The summed E-state index contributed by atoms with van der Waals surface area (Å²) in [7, 11) is 0. The molecule has 1 nitrogen and oxygen atoms in total. The van der Waals surface area contributed by atoms with Gasteiger partial charge in [0.25, 0.3) is 0 Å². The molecule has 1 aromatic rings. The maximum Gasteiger partial charge on any atom is 0.165 e. The molecule has 0 aromatic heterocycles. The van der Waals surface area contributed by atoms with Crippen LogP contribution in [0.25, 0.3) is 0 Å². The van der Waals surface area contributed by atoms with Crippen molar-refractivity contribution >= 4 is 45.1 Å². The minimum atomic E-state index is 0.0859. The number of thioether (sulfide) groups is 1. The van der Waals surface area contributed by atoms with E-state index in [9.17, 15) is 4.79 Å². The Balaban J connectivity index is 3.03. The highest BCUT2D eigenvalue weighted by atomic mass is 79.9. The molecule has 0 saturated carbocycles. The highest BCUT2D eigenvalue weighted by molar-refractivity contribution is 9.09. The molecule has 0 radical (unpaired) electrons.